The van der Waals surface area contributed by atoms with Crippen molar-refractivity contribution in [1.82, 2.24) is 0 Å². The number of aromatic carboxylic acids is 1. The van der Waals surface area contributed by atoms with Crippen LogP contribution in [0.5, 0.6) is 11.5 Å². The summed E-state index contributed by atoms with van der Waals surface area (Å²) in [6, 6.07) is 8.73. The summed E-state index contributed by atoms with van der Waals surface area (Å²) in [5.74, 6) is -1.80. The predicted molar refractivity (Wildman–Crippen MR) is 81.1 cm³/mol. The summed E-state index contributed by atoms with van der Waals surface area (Å²) in [6.07, 6.45) is -4.92. The summed E-state index contributed by atoms with van der Waals surface area (Å²) < 4.78 is 45.2. The van der Waals surface area contributed by atoms with Gasteiger partial charge in [0.25, 0.3) is 0 Å². The third-order valence-corrected chi connectivity index (χ3v) is 3.27. The van der Waals surface area contributed by atoms with Crippen molar-refractivity contribution in [3.8, 4) is 11.5 Å². The van der Waals surface area contributed by atoms with Gasteiger partial charge >= 0.3 is 12.3 Å². The Morgan fingerprint density at radius 2 is 1.72 bits per heavy atom. The molecule has 0 radical (unpaired) electrons. The molecule has 0 aromatic heterocycles. The van der Waals surface area contributed by atoms with Gasteiger partial charge in [0, 0.05) is 6.42 Å². The maximum atomic E-state index is 12.4. The van der Waals surface area contributed by atoms with Gasteiger partial charge in [0.15, 0.2) is 5.78 Å². The molecule has 0 saturated carbocycles. The molecule has 0 saturated heterocycles. The maximum absolute atomic E-state index is 12.4. The van der Waals surface area contributed by atoms with Crippen molar-refractivity contribution in [3.63, 3.8) is 0 Å². The van der Waals surface area contributed by atoms with Crippen molar-refractivity contribution >= 4 is 11.8 Å². The maximum Gasteiger partial charge on any atom is 0.573 e. The van der Waals surface area contributed by atoms with Crippen molar-refractivity contribution < 1.29 is 37.3 Å². The lowest BCUT2D eigenvalue weighted by molar-refractivity contribution is -0.274. The molecule has 0 aliphatic heterocycles. The van der Waals surface area contributed by atoms with Crippen molar-refractivity contribution in [1.29, 1.82) is 0 Å². The van der Waals surface area contributed by atoms with Gasteiger partial charge in [-0.3, -0.25) is 4.79 Å². The van der Waals surface area contributed by atoms with Crippen molar-refractivity contribution in [2.75, 3.05) is 7.11 Å². The van der Waals surface area contributed by atoms with Gasteiger partial charge in [-0.25, -0.2) is 4.79 Å². The number of carboxylic acid groups (broad SMARTS) is 1. The molecule has 0 amide bonds. The molecule has 0 unspecified atom stereocenters. The van der Waals surface area contributed by atoms with E-state index in [1.807, 2.05) is 0 Å². The van der Waals surface area contributed by atoms with E-state index in [0.29, 0.717) is 5.56 Å². The largest absolute Gasteiger partial charge is 0.573 e. The fourth-order valence-corrected chi connectivity index (χ4v) is 2.15. The van der Waals surface area contributed by atoms with E-state index in [1.165, 1.54) is 37.4 Å². The van der Waals surface area contributed by atoms with Crippen LogP contribution in [-0.4, -0.2) is 30.3 Å². The fraction of sp³-hybridized carbons (Fsp3) is 0.176. The average molecular weight is 354 g/mol. The van der Waals surface area contributed by atoms with Gasteiger partial charge in [0.1, 0.15) is 11.5 Å². The minimum atomic E-state index is -4.79. The topological polar surface area (TPSA) is 72.8 Å². The fourth-order valence-electron chi connectivity index (χ4n) is 2.15. The zero-order chi connectivity index (χ0) is 18.6. The Labute approximate surface area is 140 Å². The highest BCUT2D eigenvalue weighted by Crippen LogP contribution is 2.25. The summed E-state index contributed by atoms with van der Waals surface area (Å²) in [6.45, 7) is 0. The van der Waals surface area contributed by atoms with Crippen molar-refractivity contribution in [2.45, 2.75) is 12.8 Å². The minimum Gasteiger partial charge on any atom is -0.496 e. The van der Waals surface area contributed by atoms with Gasteiger partial charge in [-0.1, -0.05) is 12.1 Å². The van der Waals surface area contributed by atoms with Crippen LogP contribution in [0.15, 0.2) is 42.5 Å². The Morgan fingerprint density at radius 3 is 2.24 bits per heavy atom. The van der Waals surface area contributed by atoms with E-state index in [2.05, 4.69) is 4.74 Å². The van der Waals surface area contributed by atoms with Crippen LogP contribution in [0.3, 0.4) is 0 Å². The molecule has 5 nitrogen and oxygen atoms in total. The second-order valence-electron chi connectivity index (χ2n) is 5.01. The van der Waals surface area contributed by atoms with Crippen LogP contribution >= 0.6 is 0 Å². The van der Waals surface area contributed by atoms with Crippen LogP contribution in [0.4, 0.5) is 13.2 Å². The second-order valence-corrected chi connectivity index (χ2v) is 5.01. The molecule has 0 fully saturated rings. The van der Waals surface area contributed by atoms with Crippen LogP contribution < -0.4 is 9.47 Å². The molecule has 2 aromatic carbocycles. The minimum absolute atomic E-state index is 0.0712. The lowest BCUT2D eigenvalue weighted by Crippen LogP contribution is -2.17. The number of Topliss-reactive ketones (excluding diaryl/α,β-unsaturated/α-hetero) is 1. The first-order valence-electron chi connectivity index (χ1n) is 6.99. The lowest BCUT2D eigenvalue weighted by Gasteiger charge is -2.10. The molecule has 0 heterocycles. The van der Waals surface area contributed by atoms with Crippen LogP contribution in [0, 0.1) is 0 Å². The first-order valence-corrected chi connectivity index (χ1v) is 6.99. The van der Waals surface area contributed by atoms with Gasteiger partial charge in [-0.2, -0.15) is 0 Å². The molecule has 2 aromatic rings. The second kappa shape index (κ2) is 7.25. The first-order chi connectivity index (χ1) is 11.7. The van der Waals surface area contributed by atoms with E-state index in [0.717, 1.165) is 12.1 Å². The lowest BCUT2D eigenvalue weighted by atomic mass is 10.00. The molecule has 0 aliphatic carbocycles. The zero-order valence-electron chi connectivity index (χ0n) is 13.0. The molecule has 1 N–H and O–H groups in total. The molecular formula is C17H13F3O5. The van der Waals surface area contributed by atoms with Crippen molar-refractivity contribution in [3.05, 3.63) is 59.2 Å². The number of rotatable bonds is 6. The van der Waals surface area contributed by atoms with Crippen LogP contribution in [0.2, 0.25) is 0 Å². The normalized spacial score (nSPS) is 11.0. The average Bonchev–Trinajstić information content (AvgIpc) is 2.54. The van der Waals surface area contributed by atoms with Gasteiger partial charge in [0.2, 0.25) is 0 Å². The van der Waals surface area contributed by atoms with E-state index in [-0.39, 0.29) is 23.3 Å². The smallest absolute Gasteiger partial charge is 0.496 e. The van der Waals surface area contributed by atoms with E-state index in [9.17, 15) is 22.8 Å². The quantitative estimate of drug-likeness (QED) is 0.801. The van der Waals surface area contributed by atoms with Gasteiger partial charge in [-0.05, 0) is 35.9 Å². The third kappa shape index (κ3) is 4.97. The highest BCUT2D eigenvalue weighted by atomic mass is 19.4. The number of carbonyl (C=O) groups excluding carboxylic acids is 1. The summed E-state index contributed by atoms with van der Waals surface area (Å²) >= 11 is 0. The number of carboxylic acids is 1. The number of methoxy groups -OCH3 is 1. The number of ether oxygens (including phenoxy) is 2. The SMILES string of the molecule is COc1ccc(C(=O)O)cc1C(=O)Cc1ccc(OC(F)(F)F)cc1. The third-order valence-electron chi connectivity index (χ3n) is 3.27. The summed E-state index contributed by atoms with van der Waals surface area (Å²) in [5, 5.41) is 9.01. The van der Waals surface area contributed by atoms with E-state index >= 15 is 0 Å². The number of ketones is 1. The van der Waals surface area contributed by atoms with Crippen LogP contribution in [0.25, 0.3) is 0 Å². The number of alkyl halides is 3. The monoisotopic (exact) mass is 354 g/mol. The molecule has 8 heteroatoms. The van der Waals surface area contributed by atoms with Gasteiger partial charge in [-0.15, -0.1) is 13.2 Å². The number of hydrogen-bond acceptors (Lipinski definition) is 4. The molecule has 0 aliphatic rings. The summed E-state index contributed by atoms with van der Waals surface area (Å²) in [4.78, 5) is 23.4. The van der Waals surface area contributed by atoms with Crippen LogP contribution in [0.1, 0.15) is 26.3 Å². The first kappa shape index (κ1) is 18.3. The molecular weight excluding hydrogens is 341 g/mol. The molecule has 0 bridgehead atoms. The number of hydrogen-bond donors (Lipinski definition) is 1. The van der Waals surface area contributed by atoms with Gasteiger partial charge < -0.3 is 14.6 Å². The highest BCUT2D eigenvalue weighted by molar-refractivity contribution is 6.02. The Morgan fingerprint density at radius 1 is 1.08 bits per heavy atom. The van der Waals surface area contributed by atoms with E-state index < -0.39 is 23.9 Å². The standard InChI is InChI=1S/C17H13F3O5/c1-24-15-7-4-11(16(22)23)9-13(15)14(21)8-10-2-5-12(6-3-10)25-17(18,19)20/h2-7,9H,8H2,1H3,(H,22,23). The molecule has 0 spiro atoms. The number of halogens is 3. The number of carbonyl (C=O) groups is 2. The van der Waals surface area contributed by atoms with E-state index in [1.54, 1.807) is 0 Å². The van der Waals surface area contributed by atoms with Crippen LogP contribution in [-0.2, 0) is 6.42 Å². The Hall–Kier alpha value is -3.03. The predicted octanol–water partition coefficient (Wildman–Crippen LogP) is 3.72. The summed E-state index contributed by atoms with van der Waals surface area (Å²) in [7, 11) is 1.34. The molecule has 132 valence electrons. The Kier molecular flexibility index (Phi) is 5.31. The number of benzene rings is 2. The zero-order valence-corrected chi connectivity index (χ0v) is 13.0. The molecule has 2 rings (SSSR count). The Balaban J connectivity index is 2.19. The molecule has 25 heavy (non-hydrogen) atoms. The summed E-state index contributed by atoms with van der Waals surface area (Å²) in [5.41, 5.74) is 0.457. The molecule has 0 atom stereocenters. The highest BCUT2D eigenvalue weighted by Gasteiger charge is 2.31. The Bertz CT molecular complexity index is 782. The van der Waals surface area contributed by atoms with Crippen molar-refractivity contribution in [2.24, 2.45) is 0 Å². The van der Waals surface area contributed by atoms with Gasteiger partial charge in [0.05, 0.1) is 18.2 Å². The van der Waals surface area contributed by atoms with E-state index in [4.69, 9.17) is 9.84 Å².